The number of amides is 2. The van der Waals surface area contributed by atoms with E-state index >= 15 is 0 Å². The SMILES string of the molecule is COc1cccc(-c2cc(C(=O)N[C@@H]3CCCCNC3=O)[nH]n2)c1. The predicted molar refractivity (Wildman–Crippen MR) is 88.7 cm³/mol. The van der Waals surface area contributed by atoms with Crippen molar-refractivity contribution in [3.05, 3.63) is 36.0 Å². The molecule has 1 aromatic heterocycles. The van der Waals surface area contributed by atoms with Gasteiger partial charge in [-0.25, -0.2) is 0 Å². The van der Waals surface area contributed by atoms with Gasteiger partial charge in [0.25, 0.3) is 5.91 Å². The monoisotopic (exact) mass is 328 g/mol. The Morgan fingerprint density at radius 3 is 3.04 bits per heavy atom. The Hall–Kier alpha value is -2.83. The number of carbonyl (C=O) groups excluding carboxylic acids is 2. The van der Waals surface area contributed by atoms with E-state index in [0.717, 1.165) is 24.2 Å². The Kier molecular flexibility index (Phi) is 4.79. The molecule has 1 aliphatic rings. The summed E-state index contributed by atoms with van der Waals surface area (Å²) in [5.41, 5.74) is 1.81. The minimum atomic E-state index is -0.497. The van der Waals surface area contributed by atoms with Gasteiger partial charge >= 0.3 is 0 Å². The van der Waals surface area contributed by atoms with Crippen LogP contribution in [0.25, 0.3) is 11.3 Å². The van der Waals surface area contributed by atoms with Crippen molar-refractivity contribution in [3.63, 3.8) is 0 Å². The number of methoxy groups -OCH3 is 1. The van der Waals surface area contributed by atoms with Crippen molar-refractivity contribution >= 4 is 11.8 Å². The first-order valence-electron chi connectivity index (χ1n) is 7.96. The highest BCUT2D eigenvalue weighted by atomic mass is 16.5. The van der Waals surface area contributed by atoms with Crippen LogP contribution in [0, 0.1) is 0 Å². The van der Waals surface area contributed by atoms with Gasteiger partial charge in [-0.2, -0.15) is 5.10 Å². The van der Waals surface area contributed by atoms with Crippen molar-refractivity contribution in [2.45, 2.75) is 25.3 Å². The number of aromatic nitrogens is 2. The van der Waals surface area contributed by atoms with Gasteiger partial charge in [-0.3, -0.25) is 14.7 Å². The average molecular weight is 328 g/mol. The molecular weight excluding hydrogens is 308 g/mol. The third kappa shape index (κ3) is 3.56. The fraction of sp³-hybridized carbons (Fsp3) is 0.353. The Balaban J connectivity index is 1.72. The molecule has 1 fully saturated rings. The normalized spacial score (nSPS) is 17.7. The van der Waals surface area contributed by atoms with Gasteiger partial charge in [0.1, 0.15) is 17.5 Å². The molecule has 24 heavy (non-hydrogen) atoms. The van der Waals surface area contributed by atoms with Gasteiger partial charge in [0, 0.05) is 12.1 Å². The standard InChI is InChI=1S/C17H20N4O3/c1-24-12-6-4-5-11(9-12)14-10-15(21-20-14)17(23)19-13-7-2-3-8-18-16(13)22/h4-6,9-10,13H,2-3,7-8H2,1H3,(H,18,22)(H,19,23)(H,20,21)/t13-/m1/s1. The van der Waals surface area contributed by atoms with Gasteiger partial charge in [-0.15, -0.1) is 0 Å². The molecule has 0 bridgehead atoms. The quantitative estimate of drug-likeness (QED) is 0.792. The number of ether oxygens (including phenoxy) is 1. The lowest BCUT2D eigenvalue weighted by atomic mass is 10.1. The van der Waals surface area contributed by atoms with Gasteiger partial charge in [0.05, 0.1) is 12.8 Å². The van der Waals surface area contributed by atoms with Crippen LogP contribution in [-0.4, -0.2) is 41.7 Å². The third-order valence-electron chi connectivity index (χ3n) is 4.03. The lowest BCUT2D eigenvalue weighted by Gasteiger charge is -2.14. The Morgan fingerprint density at radius 2 is 2.21 bits per heavy atom. The largest absolute Gasteiger partial charge is 0.497 e. The summed E-state index contributed by atoms with van der Waals surface area (Å²) in [6, 6.07) is 8.60. The summed E-state index contributed by atoms with van der Waals surface area (Å²) in [6.45, 7) is 0.662. The molecule has 1 aliphatic heterocycles. The van der Waals surface area contributed by atoms with Crippen molar-refractivity contribution in [2.75, 3.05) is 13.7 Å². The van der Waals surface area contributed by atoms with Crippen molar-refractivity contribution in [3.8, 4) is 17.0 Å². The van der Waals surface area contributed by atoms with Gasteiger partial charge < -0.3 is 15.4 Å². The zero-order valence-corrected chi connectivity index (χ0v) is 13.5. The number of hydrogen-bond acceptors (Lipinski definition) is 4. The number of rotatable bonds is 4. The number of nitrogens with one attached hydrogen (secondary N) is 3. The second kappa shape index (κ2) is 7.16. The topological polar surface area (TPSA) is 96.1 Å². The van der Waals surface area contributed by atoms with E-state index in [0.29, 0.717) is 24.4 Å². The maximum atomic E-state index is 12.4. The molecule has 0 radical (unpaired) electrons. The molecule has 1 saturated heterocycles. The zero-order valence-electron chi connectivity index (χ0n) is 13.5. The number of carbonyl (C=O) groups is 2. The van der Waals surface area contributed by atoms with E-state index in [1.807, 2.05) is 24.3 Å². The molecule has 7 nitrogen and oxygen atoms in total. The number of H-pyrrole nitrogens is 1. The van der Waals surface area contributed by atoms with Crippen LogP contribution in [0.5, 0.6) is 5.75 Å². The van der Waals surface area contributed by atoms with E-state index in [9.17, 15) is 9.59 Å². The van der Waals surface area contributed by atoms with E-state index < -0.39 is 6.04 Å². The molecule has 1 aromatic carbocycles. The summed E-state index contributed by atoms with van der Waals surface area (Å²) in [4.78, 5) is 24.3. The van der Waals surface area contributed by atoms with Gasteiger partial charge in [0.2, 0.25) is 5.91 Å². The smallest absolute Gasteiger partial charge is 0.269 e. The van der Waals surface area contributed by atoms with Crippen LogP contribution in [0.4, 0.5) is 0 Å². The van der Waals surface area contributed by atoms with E-state index in [2.05, 4.69) is 20.8 Å². The summed E-state index contributed by atoms with van der Waals surface area (Å²) < 4.78 is 5.19. The van der Waals surface area contributed by atoms with Crippen molar-refractivity contribution in [2.24, 2.45) is 0 Å². The minimum absolute atomic E-state index is 0.131. The first-order chi connectivity index (χ1) is 11.7. The summed E-state index contributed by atoms with van der Waals surface area (Å²) >= 11 is 0. The fourth-order valence-electron chi connectivity index (χ4n) is 2.68. The van der Waals surface area contributed by atoms with Crippen LogP contribution in [0.2, 0.25) is 0 Å². The van der Waals surface area contributed by atoms with Crippen LogP contribution in [-0.2, 0) is 4.79 Å². The maximum Gasteiger partial charge on any atom is 0.269 e. The molecule has 2 amide bonds. The molecule has 3 rings (SSSR count). The number of aromatic amines is 1. The Morgan fingerprint density at radius 1 is 1.33 bits per heavy atom. The number of benzene rings is 1. The molecule has 7 heteroatoms. The second-order valence-electron chi connectivity index (χ2n) is 5.71. The number of hydrogen-bond donors (Lipinski definition) is 3. The van der Waals surface area contributed by atoms with E-state index in [1.54, 1.807) is 13.2 Å². The first-order valence-corrected chi connectivity index (χ1v) is 7.96. The number of nitrogens with zero attached hydrogens (tertiary/aromatic N) is 1. The average Bonchev–Trinajstić information content (AvgIpc) is 3.02. The van der Waals surface area contributed by atoms with Gasteiger partial charge in [-0.05, 0) is 37.5 Å². The summed E-state index contributed by atoms with van der Waals surface area (Å²) in [5, 5.41) is 12.5. The van der Waals surface area contributed by atoms with Crippen molar-refractivity contribution < 1.29 is 14.3 Å². The molecule has 0 spiro atoms. The lowest BCUT2D eigenvalue weighted by Crippen LogP contribution is -2.45. The molecule has 2 aromatic rings. The Labute approximate surface area is 139 Å². The molecule has 0 aliphatic carbocycles. The molecule has 0 unspecified atom stereocenters. The third-order valence-corrected chi connectivity index (χ3v) is 4.03. The van der Waals surface area contributed by atoms with E-state index in [4.69, 9.17) is 4.74 Å². The van der Waals surface area contributed by atoms with Gasteiger partial charge in [0.15, 0.2) is 0 Å². The molecule has 126 valence electrons. The van der Waals surface area contributed by atoms with Gasteiger partial charge in [-0.1, -0.05) is 12.1 Å². The van der Waals surface area contributed by atoms with Crippen molar-refractivity contribution in [1.82, 2.24) is 20.8 Å². The molecule has 0 saturated carbocycles. The van der Waals surface area contributed by atoms with E-state index in [1.165, 1.54) is 0 Å². The molecular formula is C17H20N4O3. The lowest BCUT2D eigenvalue weighted by molar-refractivity contribution is -0.122. The molecule has 2 heterocycles. The summed E-state index contributed by atoms with van der Waals surface area (Å²) in [7, 11) is 1.60. The van der Waals surface area contributed by atoms with E-state index in [-0.39, 0.29) is 11.8 Å². The van der Waals surface area contributed by atoms with Crippen LogP contribution in [0.1, 0.15) is 29.8 Å². The van der Waals surface area contributed by atoms with Crippen LogP contribution in [0.3, 0.4) is 0 Å². The zero-order chi connectivity index (χ0) is 16.9. The van der Waals surface area contributed by atoms with Crippen LogP contribution >= 0.6 is 0 Å². The van der Waals surface area contributed by atoms with Crippen LogP contribution < -0.4 is 15.4 Å². The highest BCUT2D eigenvalue weighted by molar-refractivity contribution is 5.96. The molecule has 3 N–H and O–H groups in total. The Bertz CT molecular complexity index is 741. The second-order valence-corrected chi connectivity index (χ2v) is 5.71. The first kappa shape index (κ1) is 16.0. The van der Waals surface area contributed by atoms with Crippen LogP contribution in [0.15, 0.2) is 30.3 Å². The minimum Gasteiger partial charge on any atom is -0.497 e. The highest BCUT2D eigenvalue weighted by Crippen LogP contribution is 2.22. The van der Waals surface area contributed by atoms with Crippen molar-refractivity contribution in [1.29, 1.82) is 0 Å². The summed E-state index contributed by atoms with van der Waals surface area (Å²) in [6.07, 6.45) is 2.48. The predicted octanol–water partition coefficient (Wildman–Crippen LogP) is 1.48. The summed E-state index contributed by atoms with van der Waals surface area (Å²) in [5.74, 6) is 0.253. The maximum absolute atomic E-state index is 12.4. The molecule has 1 atom stereocenters. The fourth-order valence-corrected chi connectivity index (χ4v) is 2.68. The highest BCUT2D eigenvalue weighted by Gasteiger charge is 2.23.